The van der Waals surface area contributed by atoms with E-state index >= 15 is 0 Å². The molecule has 4 rings (SSSR count). The number of ether oxygens (including phenoxy) is 3. The molecule has 1 aromatic heterocycles. The molecule has 0 saturated carbocycles. The van der Waals surface area contributed by atoms with Crippen LogP contribution < -0.4 is 4.74 Å². The molecule has 1 N–H and O–H groups in total. The molecule has 3 aromatic rings. The first-order valence-electron chi connectivity index (χ1n) is 9.37. The van der Waals surface area contributed by atoms with E-state index in [9.17, 15) is 4.79 Å². The Kier molecular flexibility index (Phi) is 7.96. The van der Waals surface area contributed by atoms with Gasteiger partial charge in [0.05, 0.1) is 13.2 Å². The van der Waals surface area contributed by atoms with Gasteiger partial charge in [-0.2, -0.15) is 0 Å². The van der Waals surface area contributed by atoms with Gasteiger partial charge < -0.3 is 19.3 Å². The zero-order chi connectivity index (χ0) is 20.3. The van der Waals surface area contributed by atoms with Gasteiger partial charge in [0, 0.05) is 9.75 Å². The molecule has 0 unspecified atom stereocenters. The first-order valence-corrected chi connectivity index (χ1v) is 10.2. The van der Waals surface area contributed by atoms with Crippen molar-refractivity contribution in [1.82, 2.24) is 0 Å². The number of carbonyl (C=O) groups is 1. The molecule has 0 atom stereocenters. The van der Waals surface area contributed by atoms with Crippen LogP contribution in [0.15, 0.2) is 60.7 Å². The van der Waals surface area contributed by atoms with Crippen LogP contribution in [-0.4, -0.2) is 68.6 Å². The van der Waals surface area contributed by atoms with Crippen molar-refractivity contribution in [3.05, 3.63) is 76.7 Å². The van der Waals surface area contributed by atoms with Gasteiger partial charge >= 0.3 is 43.7 Å². The molecule has 5 nitrogen and oxygen atoms in total. The first-order chi connectivity index (χ1) is 14.0. The van der Waals surface area contributed by atoms with Crippen molar-refractivity contribution in [3.8, 4) is 16.2 Å². The van der Waals surface area contributed by atoms with E-state index in [1.54, 1.807) is 11.3 Å². The van der Waals surface area contributed by atoms with Gasteiger partial charge in [0.1, 0.15) is 24.6 Å². The Morgan fingerprint density at radius 3 is 2.50 bits per heavy atom. The second-order valence-corrected chi connectivity index (χ2v) is 8.38. The van der Waals surface area contributed by atoms with Crippen LogP contribution in [0.25, 0.3) is 10.4 Å². The van der Waals surface area contributed by atoms with E-state index in [-0.39, 0.29) is 44.3 Å². The summed E-state index contributed by atoms with van der Waals surface area (Å²) in [5.74, 6) is -0.240. The summed E-state index contributed by atoms with van der Waals surface area (Å²) < 4.78 is 16.8. The summed E-state index contributed by atoms with van der Waals surface area (Å²) >= 11 is 1.78. The molecule has 7 heteroatoms. The molecule has 0 bridgehead atoms. The summed E-state index contributed by atoms with van der Waals surface area (Å²) in [5.41, 5.74) is 2.52. The predicted octanol–water partition coefficient (Wildman–Crippen LogP) is 3.71. The zero-order valence-corrected chi connectivity index (χ0v) is 16.9. The molecule has 0 aliphatic carbocycles. The van der Waals surface area contributed by atoms with Gasteiger partial charge in [-0.05, 0) is 53.9 Å². The molecule has 0 amide bonds. The van der Waals surface area contributed by atoms with Crippen molar-refractivity contribution in [2.24, 2.45) is 0 Å². The van der Waals surface area contributed by atoms with Crippen molar-refractivity contribution in [2.45, 2.75) is 19.1 Å². The first kappa shape index (κ1) is 23.3. The van der Waals surface area contributed by atoms with E-state index < -0.39 is 11.6 Å². The summed E-state index contributed by atoms with van der Waals surface area (Å²) in [6.45, 7) is 2.95. The number of aryl methyl sites for hydroxylation is 1. The van der Waals surface area contributed by atoms with Crippen LogP contribution in [0.2, 0.25) is 0 Å². The summed E-state index contributed by atoms with van der Waals surface area (Å²) in [5, 5.41) is 8.87. The normalized spacial score (nSPS) is 14.4. The average molecular weight is 453 g/mol. The second kappa shape index (κ2) is 10.3. The summed E-state index contributed by atoms with van der Waals surface area (Å²) in [6.07, 6.45) is 0. The Hall–Kier alpha value is -1.41. The van der Waals surface area contributed by atoms with Crippen molar-refractivity contribution >= 4 is 55.0 Å². The third-order valence-electron chi connectivity index (χ3n) is 4.88. The molecule has 2 aromatic carbocycles. The van der Waals surface area contributed by atoms with Crippen LogP contribution in [0.5, 0.6) is 5.75 Å². The third kappa shape index (κ3) is 5.44. The molecule has 1 fully saturated rings. The SMILES string of the molecule is Cc1ccc(-c2cccc(COc3ccc(C4(OCC(=O)O)COC4)cc3)c2)s1.[CaH2]. The molecule has 2 heterocycles. The monoisotopic (exact) mass is 452 g/mol. The number of carboxylic acids is 1. The predicted molar refractivity (Wildman–Crippen MR) is 120 cm³/mol. The van der Waals surface area contributed by atoms with E-state index in [4.69, 9.17) is 19.3 Å². The fraction of sp³-hybridized carbons (Fsp3) is 0.261. The minimum atomic E-state index is -0.990. The number of carboxylic acid groups (broad SMARTS) is 1. The van der Waals surface area contributed by atoms with E-state index in [1.165, 1.54) is 15.3 Å². The minimum absolute atomic E-state index is 0. The molecule has 0 spiro atoms. The molecule has 154 valence electrons. The van der Waals surface area contributed by atoms with E-state index in [1.807, 2.05) is 30.3 Å². The van der Waals surface area contributed by atoms with Crippen molar-refractivity contribution in [3.63, 3.8) is 0 Å². The number of aliphatic carboxylic acids is 1. The van der Waals surface area contributed by atoms with Crippen LogP contribution in [0, 0.1) is 6.92 Å². The quantitative estimate of drug-likeness (QED) is 0.528. The van der Waals surface area contributed by atoms with Gasteiger partial charge in [-0.15, -0.1) is 11.3 Å². The van der Waals surface area contributed by atoms with Gasteiger partial charge in [0.2, 0.25) is 0 Å². The van der Waals surface area contributed by atoms with Gasteiger partial charge in [0.25, 0.3) is 0 Å². The Labute approximate surface area is 209 Å². The summed E-state index contributed by atoms with van der Waals surface area (Å²) in [4.78, 5) is 13.4. The Morgan fingerprint density at radius 2 is 1.90 bits per heavy atom. The molecule has 1 aliphatic rings. The average Bonchev–Trinajstić information content (AvgIpc) is 3.13. The second-order valence-electron chi connectivity index (χ2n) is 7.09. The number of thiophene rings is 1. The topological polar surface area (TPSA) is 65.0 Å². The Bertz CT molecular complexity index is 995. The maximum absolute atomic E-state index is 10.8. The maximum atomic E-state index is 10.8. The number of rotatable bonds is 8. The Balaban J connectivity index is 0.00000256. The fourth-order valence-corrected chi connectivity index (χ4v) is 4.11. The summed E-state index contributed by atoms with van der Waals surface area (Å²) in [6, 6.07) is 20.2. The number of hydrogen-bond donors (Lipinski definition) is 1. The molecule has 30 heavy (non-hydrogen) atoms. The number of hydrogen-bond acceptors (Lipinski definition) is 5. The van der Waals surface area contributed by atoms with Crippen LogP contribution >= 0.6 is 11.3 Å². The van der Waals surface area contributed by atoms with Crippen molar-refractivity contribution in [1.29, 1.82) is 0 Å². The number of benzene rings is 2. The molecule has 1 aliphatic heterocycles. The fourth-order valence-electron chi connectivity index (χ4n) is 3.25. The van der Waals surface area contributed by atoms with Gasteiger partial charge in [0.15, 0.2) is 0 Å². The molecular weight excluding hydrogens is 428 g/mol. The van der Waals surface area contributed by atoms with Crippen LogP contribution in [0.1, 0.15) is 16.0 Å². The summed E-state index contributed by atoms with van der Waals surface area (Å²) in [7, 11) is 0. The molecule has 1 saturated heterocycles. The van der Waals surface area contributed by atoms with Crippen LogP contribution in [-0.2, 0) is 26.5 Å². The Morgan fingerprint density at radius 1 is 1.13 bits per heavy atom. The van der Waals surface area contributed by atoms with Gasteiger partial charge in [-0.25, -0.2) is 4.79 Å². The van der Waals surface area contributed by atoms with E-state index in [0.717, 1.165) is 16.9 Å². The van der Waals surface area contributed by atoms with Gasteiger partial charge in [-0.1, -0.05) is 30.3 Å². The van der Waals surface area contributed by atoms with Crippen molar-refractivity contribution in [2.75, 3.05) is 19.8 Å². The third-order valence-corrected chi connectivity index (χ3v) is 5.93. The van der Waals surface area contributed by atoms with Crippen LogP contribution in [0.3, 0.4) is 0 Å². The molecular formula is C23H24CaO5S. The van der Waals surface area contributed by atoms with Crippen LogP contribution in [0.4, 0.5) is 0 Å². The van der Waals surface area contributed by atoms with E-state index in [2.05, 4.69) is 37.3 Å². The standard InChI is InChI=1S/C23H22O5S.Ca.2H/c1-16-5-10-21(29-16)18-4-2-3-17(11-18)12-27-20-8-6-19(7-9-20)23(14-26-15-23)28-13-22(24)25;;;/h2-11H,12-15H2,1H3,(H,24,25);;;. The molecule has 0 radical (unpaired) electrons. The zero-order valence-electron chi connectivity index (χ0n) is 16.1. The van der Waals surface area contributed by atoms with E-state index in [0.29, 0.717) is 19.8 Å². The van der Waals surface area contributed by atoms with Crippen molar-refractivity contribution < 1.29 is 24.1 Å². The van der Waals surface area contributed by atoms with Gasteiger partial charge in [-0.3, -0.25) is 0 Å².